The van der Waals surface area contributed by atoms with Gasteiger partial charge in [0, 0.05) is 18.9 Å². The van der Waals surface area contributed by atoms with Crippen molar-refractivity contribution in [3.05, 3.63) is 36.8 Å². The molecule has 0 radical (unpaired) electrons. The number of nitrogens with zero attached hydrogens (tertiary/aromatic N) is 2. The maximum atomic E-state index is 12.0. The van der Waals surface area contributed by atoms with Gasteiger partial charge in [0.1, 0.15) is 5.75 Å². The minimum atomic E-state index is -3.75. The highest BCUT2D eigenvalue weighted by Gasteiger charge is 2.16. The Morgan fingerprint density at radius 1 is 1.38 bits per heavy atom. The van der Waals surface area contributed by atoms with Crippen molar-refractivity contribution >= 4 is 21.7 Å². The average molecular weight is 311 g/mol. The second-order valence-electron chi connectivity index (χ2n) is 4.19. The zero-order valence-corrected chi connectivity index (χ0v) is 11.9. The molecule has 1 heterocycles. The van der Waals surface area contributed by atoms with Gasteiger partial charge in [0.25, 0.3) is 10.0 Å². The molecule has 21 heavy (non-hydrogen) atoms. The molecule has 112 valence electrons. The van der Waals surface area contributed by atoms with Gasteiger partial charge in [-0.3, -0.25) is 4.72 Å². The van der Waals surface area contributed by atoms with Crippen molar-refractivity contribution in [2.75, 3.05) is 11.3 Å². The SMILES string of the molecule is Cn1cnc(S(=O)(=O)Nc2ccc(OCC(=O)O)cc2)c1. The number of benzene rings is 1. The third-order valence-corrected chi connectivity index (χ3v) is 3.69. The summed E-state index contributed by atoms with van der Waals surface area (Å²) in [5.41, 5.74) is 0.323. The Morgan fingerprint density at radius 2 is 2.05 bits per heavy atom. The Hall–Kier alpha value is -2.55. The summed E-state index contributed by atoms with van der Waals surface area (Å²) in [7, 11) is -2.08. The van der Waals surface area contributed by atoms with Crippen molar-refractivity contribution < 1.29 is 23.1 Å². The second kappa shape index (κ2) is 5.83. The van der Waals surface area contributed by atoms with Crippen LogP contribution >= 0.6 is 0 Å². The summed E-state index contributed by atoms with van der Waals surface area (Å²) in [6.45, 7) is -0.459. The van der Waals surface area contributed by atoms with E-state index in [2.05, 4.69) is 9.71 Å². The van der Waals surface area contributed by atoms with E-state index < -0.39 is 22.6 Å². The van der Waals surface area contributed by atoms with Crippen LogP contribution in [0.4, 0.5) is 5.69 Å². The van der Waals surface area contributed by atoms with E-state index in [-0.39, 0.29) is 5.03 Å². The summed E-state index contributed by atoms with van der Waals surface area (Å²) < 4.78 is 32.9. The van der Waals surface area contributed by atoms with E-state index in [1.807, 2.05) is 0 Å². The smallest absolute Gasteiger partial charge is 0.341 e. The van der Waals surface area contributed by atoms with Gasteiger partial charge < -0.3 is 14.4 Å². The van der Waals surface area contributed by atoms with Crippen LogP contribution in [0, 0.1) is 0 Å². The summed E-state index contributed by atoms with van der Waals surface area (Å²) in [6.07, 6.45) is 2.77. The van der Waals surface area contributed by atoms with Crippen molar-refractivity contribution in [2.45, 2.75) is 5.03 Å². The van der Waals surface area contributed by atoms with Crippen molar-refractivity contribution in [1.82, 2.24) is 9.55 Å². The second-order valence-corrected chi connectivity index (χ2v) is 5.82. The van der Waals surface area contributed by atoms with Crippen LogP contribution in [-0.4, -0.2) is 35.7 Å². The van der Waals surface area contributed by atoms with E-state index >= 15 is 0 Å². The molecule has 9 heteroatoms. The number of carboxylic acids is 1. The molecule has 0 fully saturated rings. The number of ether oxygens (including phenoxy) is 1. The van der Waals surface area contributed by atoms with Crippen LogP contribution in [0.1, 0.15) is 0 Å². The summed E-state index contributed by atoms with van der Waals surface area (Å²) in [5, 5.41) is 8.40. The first kappa shape index (κ1) is 14.9. The molecule has 0 saturated carbocycles. The van der Waals surface area contributed by atoms with Crippen molar-refractivity contribution in [1.29, 1.82) is 0 Å². The fourth-order valence-corrected chi connectivity index (χ4v) is 2.54. The molecule has 0 bridgehead atoms. The zero-order valence-electron chi connectivity index (χ0n) is 11.1. The highest BCUT2D eigenvalue weighted by molar-refractivity contribution is 7.92. The molecular weight excluding hydrogens is 298 g/mol. The fraction of sp³-hybridized carbons (Fsp3) is 0.167. The van der Waals surface area contributed by atoms with Crippen LogP contribution in [0.2, 0.25) is 0 Å². The molecule has 0 aliphatic heterocycles. The quantitative estimate of drug-likeness (QED) is 0.812. The van der Waals surface area contributed by atoms with Crippen LogP contribution in [0.15, 0.2) is 41.8 Å². The Labute approximate surface area is 121 Å². The first-order chi connectivity index (χ1) is 9.87. The van der Waals surface area contributed by atoms with E-state index in [0.717, 1.165) is 0 Å². The van der Waals surface area contributed by atoms with Gasteiger partial charge in [-0.05, 0) is 24.3 Å². The lowest BCUT2D eigenvalue weighted by Gasteiger charge is -2.07. The van der Waals surface area contributed by atoms with Crippen LogP contribution in [0.5, 0.6) is 5.75 Å². The van der Waals surface area contributed by atoms with Gasteiger partial charge in [0.15, 0.2) is 11.6 Å². The molecule has 0 saturated heterocycles. The Balaban J connectivity index is 2.08. The van der Waals surface area contributed by atoms with Gasteiger partial charge in [-0.1, -0.05) is 0 Å². The third-order valence-electron chi connectivity index (χ3n) is 2.43. The van der Waals surface area contributed by atoms with E-state index in [1.165, 1.54) is 41.4 Å². The van der Waals surface area contributed by atoms with Crippen molar-refractivity contribution in [3.63, 3.8) is 0 Å². The number of aromatic nitrogens is 2. The largest absolute Gasteiger partial charge is 0.482 e. The van der Waals surface area contributed by atoms with Crippen LogP contribution in [-0.2, 0) is 21.9 Å². The van der Waals surface area contributed by atoms with Gasteiger partial charge in [-0.15, -0.1) is 0 Å². The Kier molecular flexibility index (Phi) is 4.13. The summed E-state index contributed by atoms with van der Waals surface area (Å²) in [6, 6.07) is 5.88. The summed E-state index contributed by atoms with van der Waals surface area (Å²) in [4.78, 5) is 14.1. The topological polar surface area (TPSA) is 111 Å². The average Bonchev–Trinajstić information content (AvgIpc) is 2.85. The van der Waals surface area contributed by atoms with Crippen LogP contribution < -0.4 is 9.46 Å². The van der Waals surface area contributed by atoms with Gasteiger partial charge in [-0.2, -0.15) is 8.42 Å². The van der Waals surface area contributed by atoms with Crippen LogP contribution in [0.25, 0.3) is 0 Å². The first-order valence-electron chi connectivity index (χ1n) is 5.82. The lowest BCUT2D eigenvalue weighted by Crippen LogP contribution is -2.13. The molecule has 2 N–H and O–H groups in total. The summed E-state index contributed by atoms with van der Waals surface area (Å²) in [5.74, 6) is -0.756. The Morgan fingerprint density at radius 3 is 2.57 bits per heavy atom. The minimum absolute atomic E-state index is 0.0868. The maximum absolute atomic E-state index is 12.0. The predicted molar refractivity (Wildman–Crippen MR) is 73.6 cm³/mol. The van der Waals surface area contributed by atoms with E-state index in [0.29, 0.717) is 11.4 Å². The fourth-order valence-electron chi connectivity index (χ4n) is 1.50. The number of imidazole rings is 1. The molecule has 8 nitrogen and oxygen atoms in total. The molecule has 0 aliphatic carbocycles. The Bertz CT molecular complexity index is 737. The molecular formula is C12H13N3O5S. The number of carboxylic acid groups (broad SMARTS) is 1. The van der Waals surface area contributed by atoms with Crippen molar-refractivity contribution in [2.24, 2.45) is 7.05 Å². The van der Waals surface area contributed by atoms with Crippen LogP contribution in [0.3, 0.4) is 0 Å². The van der Waals surface area contributed by atoms with Gasteiger partial charge >= 0.3 is 5.97 Å². The van der Waals surface area contributed by atoms with E-state index in [1.54, 1.807) is 7.05 Å². The number of rotatable bonds is 6. The number of anilines is 1. The molecule has 0 spiro atoms. The number of aryl methyl sites for hydroxylation is 1. The van der Waals surface area contributed by atoms with Gasteiger partial charge in [-0.25, -0.2) is 9.78 Å². The number of hydrogen-bond acceptors (Lipinski definition) is 5. The lowest BCUT2D eigenvalue weighted by molar-refractivity contribution is -0.139. The maximum Gasteiger partial charge on any atom is 0.341 e. The zero-order chi connectivity index (χ0) is 15.5. The molecule has 0 unspecified atom stereocenters. The summed E-state index contributed by atoms with van der Waals surface area (Å²) >= 11 is 0. The molecule has 2 rings (SSSR count). The van der Waals surface area contributed by atoms with Gasteiger partial charge in [0.05, 0.1) is 6.33 Å². The number of sulfonamides is 1. The highest BCUT2D eigenvalue weighted by Crippen LogP contribution is 2.18. The molecule has 0 aliphatic rings. The van der Waals surface area contributed by atoms with E-state index in [9.17, 15) is 13.2 Å². The number of nitrogens with one attached hydrogen (secondary N) is 1. The molecule has 2 aromatic rings. The standard InChI is InChI=1S/C12H13N3O5S/c1-15-6-11(13-8-15)21(18,19)14-9-2-4-10(5-3-9)20-7-12(16)17/h2-6,8,14H,7H2,1H3,(H,16,17). The minimum Gasteiger partial charge on any atom is -0.482 e. The van der Waals surface area contributed by atoms with E-state index in [4.69, 9.17) is 9.84 Å². The molecule has 1 aromatic carbocycles. The van der Waals surface area contributed by atoms with Gasteiger partial charge in [0.2, 0.25) is 0 Å². The first-order valence-corrected chi connectivity index (χ1v) is 7.30. The number of aliphatic carboxylic acids is 1. The molecule has 0 amide bonds. The monoisotopic (exact) mass is 311 g/mol. The normalized spacial score (nSPS) is 11.1. The lowest BCUT2D eigenvalue weighted by atomic mass is 10.3. The number of carbonyl (C=O) groups is 1. The highest BCUT2D eigenvalue weighted by atomic mass is 32.2. The predicted octanol–water partition coefficient (Wildman–Crippen LogP) is 0.684. The third kappa shape index (κ3) is 3.96. The number of hydrogen-bond donors (Lipinski definition) is 2. The molecule has 0 atom stereocenters. The van der Waals surface area contributed by atoms with Crippen molar-refractivity contribution in [3.8, 4) is 5.75 Å². The molecule has 1 aromatic heterocycles.